The first kappa shape index (κ1) is 22.9. The summed E-state index contributed by atoms with van der Waals surface area (Å²) in [6, 6.07) is 9.99. The molecule has 0 heterocycles. The summed E-state index contributed by atoms with van der Waals surface area (Å²) < 4.78 is 0. The maximum absolute atomic E-state index is 13.0. The van der Waals surface area contributed by atoms with E-state index < -0.39 is 5.66 Å². The van der Waals surface area contributed by atoms with Gasteiger partial charge in [-0.3, -0.25) is 16.5 Å². The van der Waals surface area contributed by atoms with Crippen molar-refractivity contribution in [3.63, 3.8) is 0 Å². The molecule has 0 aliphatic heterocycles. The minimum Gasteiger partial charge on any atom is -0.326 e. The number of ketones is 1. The number of carbonyl (C=O) groups is 1. The van der Waals surface area contributed by atoms with E-state index in [9.17, 15) is 4.79 Å². The van der Waals surface area contributed by atoms with Crippen molar-refractivity contribution in [2.45, 2.75) is 76.0 Å². The number of hydrazine groups is 2. The van der Waals surface area contributed by atoms with Gasteiger partial charge < -0.3 is 17.2 Å². The number of carbonyl (C=O) groups excluding carboxylic acids is 1. The summed E-state index contributed by atoms with van der Waals surface area (Å²) in [5.41, 5.74) is 18.8. The molecule has 1 aliphatic carbocycles. The van der Waals surface area contributed by atoms with E-state index in [1.165, 1.54) is 5.56 Å². The summed E-state index contributed by atoms with van der Waals surface area (Å²) in [6.07, 6.45) is 6.74. The van der Waals surface area contributed by atoms with Gasteiger partial charge in [0, 0.05) is 23.9 Å². The number of aryl methyl sites for hydroxylation is 1. The molecule has 1 aromatic carbocycles. The van der Waals surface area contributed by atoms with Crippen LogP contribution in [0.3, 0.4) is 0 Å². The second kappa shape index (κ2) is 10.4. The molecule has 0 amide bonds. The fourth-order valence-corrected chi connectivity index (χ4v) is 4.33. The number of nitrogens with zero attached hydrogens (tertiary/aromatic N) is 1. The molecule has 0 bridgehead atoms. The number of unbranched alkanes of at least 4 members (excludes halogenated alkanes) is 1. The first-order valence-corrected chi connectivity index (χ1v) is 10.5. The van der Waals surface area contributed by atoms with Crippen LogP contribution in [0.4, 0.5) is 0 Å². The molecule has 1 saturated carbocycles. The van der Waals surface area contributed by atoms with E-state index in [-0.39, 0.29) is 29.7 Å². The smallest absolute Gasteiger partial charge is 0.173 e. The van der Waals surface area contributed by atoms with Crippen molar-refractivity contribution in [2.75, 3.05) is 0 Å². The lowest BCUT2D eigenvalue weighted by atomic mass is 9.88. The minimum atomic E-state index is -1.34. The highest BCUT2D eigenvalue weighted by Crippen LogP contribution is 2.40. The number of hydrogen-bond acceptors (Lipinski definition) is 7. The fraction of sp³-hybridized carbons (Fsp3) is 0.667. The Morgan fingerprint density at radius 3 is 2.36 bits per heavy atom. The molecule has 28 heavy (non-hydrogen) atoms. The van der Waals surface area contributed by atoms with Crippen LogP contribution in [-0.4, -0.2) is 28.6 Å². The zero-order valence-electron chi connectivity index (χ0n) is 17.1. The van der Waals surface area contributed by atoms with E-state index in [0.29, 0.717) is 19.3 Å². The highest BCUT2D eigenvalue weighted by atomic mass is 16.1. The highest BCUT2D eigenvalue weighted by molar-refractivity contribution is 5.92. The molecule has 1 aromatic rings. The quantitative estimate of drug-likeness (QED) is 0.216. The van der Waals surface area contributed by atoms with Gasteiger partial charge in [0.25, 0.3) is 0 Å². The van der Waals surface area contributed by atoms with E-state index in [4.69, 9.17) is 28.9 Å². The minimum absolute atomic E-state index is 0.0371. The van der Waals surface area contributed by atoms with Crippen molar-refractivity contribution >= 4 is 5.78 Å². The van der Waals surface area contributed by atoms with Crippen LogP contribution < -0.4 is 28.9 Å². The van der Waals surface area contributed by atoms with Gasteiger partial charge in [-0.15, -0.1) is 0 Å². The van der Waals surface area contributed by atoms with Gasteiger partial charge in [-0.25, -0.2) is 0 Å². The molecule has 158 valence electrons. The largest absolute Gasteiger partial charge is 0.326 e. The third-order valence-corrected chi connectivity index (χ3v) is 6.30. The average molecular weight is 391 g/mol. The number of Topliss-reactive ketones (excluding diaryl/α,β-unsaturated/α-hetero) is 1. The van der Waals surface area contributed by atoms with Crippen molar-refractivity contribution in [1.29, 1.82) is 0 Å². The second-order valence-corrected chi connectivity index (χ2v) is 8.30. The van der Waals surface area contributed by atoms with Gasteiger partial charge in [0.05, 0.1) is 0 Å². The van der Waals surface area contributed by atoms with Gasteiger partial charge in [-0.05, 0) is 44.1 Å². The summed E-state index contributed by atoms with van der Waals surface area (Å²) in [6.45, 7) is 2.14. The molecule has 0 saturated heterocycles. The Kier molecular flexibility index (Phi) is 8.55. The lowest BCUT2D eigenvalue weighted by molar-refractivity contribution is -0.133. The second-order valence-electron chi connectivity index (χ2n) is 8.30. The van der Waals surface area contributed by atoms with Crippen LogP contribution in [-0.2, 0) is 11.2 Å². The average Bonchev–Trinajstić information content (AvgIpc) is 2.94. The van der Waals surface area contributed by atoms with Gasteiger partial charge >= 0.3 is 0 Å². The van der Waals surface area contributed by atoms with Crippen LogP contribution in [0.1, 0.15) is 57.4 Å². The van der Waals surface area contributed by atoms with E-state index in [0.717, 1.165) is 37.2 Å². The monoisotopic (exact) mass is 390 g/mol. The van der Waals surface area contributed by atoms with Crippen LogP contribution >= 0.6 is 0 Å². The van der Waals surface area contributed by atoms with Gasteiger partial charge in [-0.1, -0.05) is 50.1 Å². The van der Waals surface area contributed by atoms with Gasteiger partial charge in [-0.2, -0.15) is 5.12 Å². The molecule has 0 aromatic heterocycles. The summed E-state index contributed by atoms with van der Waals surface area (Å²) in [5, 5.41) is 0.908. The van der Waals surface area contributed by atoms with E-state index in [1.807, 2.05) is 18.2 Å². The highest BCUT2D eigenvalue weighted by Gasteiger charge is 2.54. The molecule has 0 radical (unpaired) electrons. The van der Waals surface area contributed by atoms with E-state index in [2.05, 4.69) is 19.1 Å². The van der Waals surface area contributed by atoms with Crippen LogP contribution in [0.5, 0.6) is 0 Å². The summed E-state index contributed by atoms with van der Waals surface area (Å²) in [5.74, 6) is 11.3. The molecular formula is C21H38N6O. The van der Waals surface area contributed by atoms with Crippen molar-refractivity contribution in [1.82, 2.24) is 5.12 Å². The third-order valence-electron chi connectivity index (χ3n) is 6.30. The molecule has 2 rings (SSSR count). The number of nitrogens with two attached hydrogens (primary N) is 5. The molecular weight excluding hydrogens is 352 g/mol. The zero-order valence-corrected chi connectivity index (χ0v) is 17.1. The number of hydrogen-bond donors (Lipinski definition) is 5. The van der Waals surface area contributed by atoms with Crippen molar-refractivity contribution in [2.24, 2.45) is 40.7 Å². The Bertz CT molecular complexity index is 610. The Morgan fingerprint density at radius 1 is 1.11 bits per heavy atom. The summed E-state index contributed by atoms with van der Waals surface area (Å²) >= 11 is 0. The topological polar surface area (TPSA) is 150 Å². The molecule has 7 heteroatoms. The van der Waals surface area contributed by atoms with Crippen molar-refractivity contribution < 1.29 is 4.79 Å². The molecule has 1 aliphatic rings. The first-order chi connectivity index (χ1) is 13.3. The lowest BCUT2D eigenvalue weighted by Crippen LogP contribution is -2.69. The summed E-state index contributed by atoms with van der Waals surface area (Å²) in [4.78, 5) is 13.0. The van der Waals surface area contributed by atoms with Gasteiger partial charge in [0.15, 0.2) is 11.4 Å². The molecule has 10 N–H and O–H groups in total. The Balaban J connectivity index is 1.98. The van der Waals surface area contributed by atoms with Crippen LogP contribution in [0.25, 0.3) is 0 Å². The normalized spacial score (nSPS) is 27.3. The third kappa shape index (κ3) is 5.37. The van der Waals surface area contributed by atoms with Crippen LogP contribution in [0.2, 0.25) is 0 Å². The number of rotatable bonds is 11. The van der Waals surface area contributed by atoms with Crippen molar-refractivity contribution in [3.05, 3.63) is 35.9 Å². The van der Waals surface area contributed by atoms with E-state index in [1.54, 1.807) is 0 Å². The summed E-state index contributed by atoms with van der Waals surface area (Å²) in [7, 11) is 0. The van der Waals surface area contributed by atoms with Gasteiger partial charge in [0.1, 0.15) is 0 Å². The fourth-order valence-electron chi connectivity index (χ4n) is 4.33. The van der Waals surface area contributed by atoms with Crippen LogP contribution in [0, 0.1) is 11.8 Å². The maximum Gasteiger partial charge on any atom is 0.173 e. The molecule has 0 spiro atoms. The molecule has 7 nitrogen and oxygen atoms in total. The lowest BCUT2D eigenvalue weighted by Gasteiger charge is -2.35. The Hall–Kier alpha value is -1.35. The van der Waals surface area contributed by atoms with Crippen LogP contribution in [0.15, 0.2) is 30.3 Å². The standard InChI is InChI=1S/C21H38N6O/c1-2-3-9-18(22)19(23)13-12-17-14-16(20(28)21(17,24)27(25)26)11-10-15-7-5-4-6-8-15/h4-8,16-19H,2-3,9-14,22-26H2,1H3/t16?,17-,18?,19?,21?/m0/s1. The number of benzene rings is 1. The molecule has 4 unspecified atom stereocenters. The molecule has 5 atom stereocenters. The molecule has 1 fully saturated rings. The SMILES string of the molecule is CCCCC(N)C(N)CC[C@H]1CC(CCc2ccccc2)C(=O)C1(N)N(N)N. The maximum atomic E-state index is 13.0. The predicted octanol–water partition coefficient (Wildman–Crippen LogP) is 1.15. The van der Waals surface area contributed by atoms with Gasteiger partial charge in [0.2, 0.25) is 0 Å². The Labute approximate surface area is 168 Å². The van der Waals surface area contributed by atoms with E-state index >= 15 is 0 Å². The first-order valence-electron chi connectivity index (χ1n) is 10.5. The Morgan fingerprint density at radius 2 is 1.75 bits per heavy atom. The predicted molar refractivity (Wildman–Crippen MR) is 113 cm³/mol. The zero-order chi connectivity index (χ0) is 20.7. The van der Waals surface area contributed by atoms with Crippen molar-refractivity contribution in [3.8, 4) is 0 Å².